The zero-order valence-electron chi connectivity index (χ0n) is 15.4. The molecular formula is C19H22N4O4. The molecule has 0 aliphatic heterocycles. The molecule has 0 spiro atoms. The first-order valence-corrected chi connectivity index (χ1v) is 8.49. The fourth-order valence-corrected chi connectivity index (χ4v) is 2.17. The van der Waals surface area contributed by atoms with Gasteiger partial charge in [-0.1, -0.05) is 13.8 Å². The van der Waals surface area contributed by atoms with E-state index in [-0.39, 0.29) is 23.4 Å². The molecule has 1 atom stereocenters. The first kappa shape index (κ1) is 19.9. The zero-order chi connectivity index (χ0) is 20.0. The van der Waals surface area contributed by atoms with Gasteiger partial charge in [0.1, 0.15) is 6.04 Å². The van der Waals surface area contributed by atoms with E-state index in [9.17, 15) is 19.7 Å². The van der Waals surface area contributed by atoms with Crippen molar-refractivity contribution in [1.29, 1.82) is 0 Å². The molecule has 0 bridgehead atoms. The highest BCUT2D eigenvalue weighted by Crippen LogP contribution is 2.17. The van der Waals surface area contributed by atoms with E-state index in [2.05, 4.69) is 16.0 Å². The number of nitro benzene ring substituents is 1. The SMILES string of the molecule is CC(C)C(=O)Nc1ccc(N[C@@H](C)C(=O)Nc2ccc([N+](=O)[O-])cc2)cc1. The maximum Gasteiger partial charge on any atom is 0.269 e. The molecule has 2 amide bonds. The summed E-state index contributed by atoms with van der Waals surface area (Å²) in [6, 6.07) is 12.1. The van der Waals surface area contributed by atoms with Gasteiger partial charge < -0.3 is 16.0 Å². The average molecular weight is 370 g/mol. The standard InChI is InChI=1S/C19H22N4O4/c1-12(2)18(24)21-15-6-4-14(5-7-15)20-13(3)19(25)22-16-8-10-17(11-9-16)23(26)27/h4-13,20H,1-3H3,(H,21,24)(H,22,25)/t13-/m0/s1. The second kappa shape index (κ2) is 8.79. The minimum absolute atomic E-state index is 0.0381. The lowest BCUT2D eigenvalue weighted by Gasteiger charge is -2.16. The van der Waals surface area contributed by atoms with Crippen molar-refractivity contribution in [2.75, 3.05) is 16.0 Å². The minimum Gasteiger partial charge on any atom is -0.374 e. The molecule has 0 fully saturated rings. The lowest BCUT2D eigenvalue weighted by atomic mass is 10.2. The molecule has 2 aromatic carbocycles. The Kier molecular flexibility index (Phi) is 6.48. The van der Waals surface area contributed by atoms with E-state index >= 15 is 0 Å². The molecule has 142 valence electrons. The number of benzene rings is 2. The van der Waals surface area contributed by atoms with Crippen LogP contribution in [0.4, 0.5) is 22.7 Å². The Morgan fingerprint density at radius 1 is 0.815 bits per heavy atom. The third-order valence-corrected chi connectivity index (χ3v) is 3.80. The molecule has 0 unspecified atom stereocenters. The molecule has 8 nitrogen and oxygen atoms in total. The molecule has 0 aliphatic rings. The number of non-ortho nitro benzene ring substituents is 1. The molecule has 0 radical (unpaired) electrons. The van der Waals surface area contributed by atoms with Crippen LogP contribution in [0.25, 0.3) is 0 Å². The molecule has 27 heavy (non-hydrogen) atoms. The largest absolute Gasteiger partial charge is 0.374 e. The highest BCUT2D eigenvalue weighted by atomic mass is 16.6. The molecule has 8 heteroatoms. The summed E-state index contributed by atoms with van der Waals surface area (Å²) in [6.07, 6.45) is 0. The van der Waals surface area contributed by atoms with Crippen molar-refractivity contribution in [3.63, 3.8) is 0 Å². The van der Waals surface area contributed by atoms with E-state index in [1.54, 1.807) is 31.2 Å². The summed E-state index contributed by atoms with van der Waals surface area (Å²) in [7, 11) is 0. The van der Waals surface area contributed by atoms with Crippen molar-refractivity contribution >= 4 is 34.6 Å². The van der Waals surface area contributed by atoms with Gasteiger partial charge in [-0.05, 0) is 43.3 Å². The van der Waals surface area contributed by atoms with Gasteiger partial charge in [0.25, 0.3) is 5.69 Å². The molecular weight excluding hydrogens is 348 g/mol. The number of nitrogens with zero attached hydrogens (tertiary/aromatic N) is 1. The van der Waals surface area contributed by atoms with E-state index in [1.165, 1.54) is 24.3 Å². The van der Waals surface area contributed by atoms with E-state index in [0.29, 0.717) is 11.4 Å². The van der Waals surface area contributed by atoms with Crippen molar-refractivity contribution < 1.29 is 14.5 Å². The molecule has 3 N–H and O–H groups in total. The van der Waals surface area contributed by atoms with E-state index < -0.39 is 11.0 Å². The molecule has 2 rings (SSSR count). The quantitative estimate of drug-likeness (QED) is 0.509. The predicted molar refractivity (Wildman–Crippen MR) is 105 cm³/mol. The smallest absolute Gasteiger partial charge is 0.269 e. The van der Waals surface area contributed by atoms with Gasteiger partial charge in [0, 0.05) is 35.1 Å². The molecule has 2 aromatic rings. The highest BCUT2D eigenvalue weighted by Gasteiger charge is 2.14. The molecule has 0 saturated carbocycles. The summed E-state index contributed by atoms with van der Waals surface area (Å²) in [5.74, 6) is -0.446. The van der Waals surface area contributed by atoms with Crippen molar-refractivity contribution in [2.24, 2.45) is 5.92 Å². The Bertz CT molecular complexity index is 817. The predicted octanol–water partition coefficient (Wildman–Crippen LogP) is 3.63. The minimum atomic E-state index is -0.531. The fourth-order valence-electron chi connectivity index (χ4n) is 2.17. The van der Waals surface area contributed by atoms with Gasteiger partial charge in [-0.15, -0.1) is 0 Å². The second-order valence-corrected chi connectivity index (χ2v) is 6.38. The number of hydrogen-bond donors (Lipinski definition) is 3. The number of rotatable bonds is 7. The van der Waals surface area contributed by atoms with E-state index in [1.807, 2.05) is 13.8 Å². The van der Waals surface area contributed by atoms with Crippen LogP contribution in [-0.4, -0.2) is 22.8 Å². The Labute approximate surface area is 157 Å². The van der Waals surface area contributed by atoms with Crippen LogP contribution in [0.15, 0.2) is 48.5 Å². The van der Waals surface area contributed by atoms with Gasteiger partial charge in [0.05, 0.1) is 4.92 Å². The van der Waals surface area contributed by atoms with Gasteiger partial charge in [0.15, 0.2) is 0 Å². The summed E-state index contributed by atoms with van der Waals surface area (Å²) >= 11 is 0. The normalized spacial score (nSPS) is 11.6. The average Bonchev–Trinajstić information content (AvgIpc) is 2.63. The first-order chi connectivity index (χ1) is 12.8. The van der Waals surface area contributed by atoms with Crippen molar-refractivity contribution in [1.82, 2.24) is 0 Å². The number of amides is 2. The lowest BCUT2D eigenvalue weighted by Crippen LogP contribution is -2.31. The third kappa shape index (κ3) is 5.81. The van der Waals surface area contributed by atoms with E-state index in [4.69, 9.17) is 0 Å². The molecule has 0 heterocycles. The number of carbonyl (C=O) groups excluding carboxylic acids is 2. The number of hydrogen-bond acceptors (Lipinski definition) is 5. The molecule has 0 aromatic heterocycles. The Hall–Kier alpha value is -3.42. The maximum atomic E-state index is 12.3. The number of carbonyl (C=O) groups is 2. The van der Waals surface area contributed by atoms with Crippen LogP contribution in [0.1, 0.15) is 20.8 Å². The summed E-state index contributed by atoms with van der Waals surface area (Å²) < 4.78 is 0. The topological polar surface area (TPSA) is 113 Å². The van der Waals surface area contributed by atoms with Crippen LogP contribution < -0.4 is 16.0 Å². The second-order valence-electron chi connectivity index (χ2n) is 6.38. The summed E-state index contributed by atoms with van der Waals surface area (Å²) in [5.41, 5.74) is 1.85. The van der Waals surface area contributed by atoms with Gasteiger partial charge in [0.2, 0.25) is 11.8 Å². The molecule has 0 saturated heterocycles. The van der Waals surface area contributed by atoms with Gasteiger partial charge >= 0.3 is 0 Å². The van der Waals surface area contributed by atoms with Gasteiger partial charge in [-0.2, -0.15) is 0 Å². The van der Waals surface area contributed by atoms with Crippen molar-refractivity contribution in [2.45, 2.75) is 26.8 Å². The number of nitrogens with one attached hydrogen (secondary N) is 3. The lowest BCUT2D eigenvalue weighted by molar-refractivity contribution is -0.384. The highest BCUT2D eigenvalue weighted by molar-refractivity contribution is 5.96. The summed E-state index contributed by atoms with van der Waals surface area (Å²) in [4.78, 5) is 34.1. The van der Waals surface area contributed by atoms with Crippen molar-refractivity contribution in [3.05, 3.63) is 58.6 Å². The molecule has 0 aliphatic carbocycles. The Morgan fingerprint density at radius 3 is 1.74 bits per heavy atom. The van der Waals surface area contributed by atoms with E-state index in [0.717, 1.165) is 5.69 Å². The zero-order valence-corrected chi connectivity index (χ0v) is 15.4. The van der Waals surface area contributed by atoms with Crippen LogP contribution in [0, 0.1) is 16.0 Å². The van der Waals surface area contributed by atoms with Crippen LogP contribution in [0.5, 0.6) is 0 Å². The van der Waals surface area contributed by atoms with Gasteiger partial charge in [-0.25, -0.2) is 0 Å². The Morgan fingerprint density at radius 2 is 1.26 bits per heavy atom. The van der Waals surface area contributed by atoms with Crippen LogP contribution >= 0.6 is 0 Å². The van der Waals surface area contributed by atoms with Crippen molar-refractivity contribution in [3.8, 4) is 0 Å². The van der Waals surface area contributed by atoms with Gasteiger partial charge in [-0.3, -0.25) is 19.7 Å². The van der Waals surface area contributed by atoms with Crippen LogP contribution in [0.2, 0.25) is 0 Å². The third-order valence-electron chi connectivity index (χ3n) is 3.80. The summed E-state index contributed by atoms with van der Waals surface area (Å²) in [5, 5.41) is 19.2. The van der Waals surface area contributed by atoms with Crippen LogP contribution in [-0.2, 0) is 9.59 Å². The fraction of sp³-hybridized carbons (Fsp3) is 0.263. The number of anilines is 3. The van der Waals surface area contributed by atoms with Crippen LogP contribution in [0.3, 0.4) is 0 Å². The monoisotopic (exact) mass is 370 g/mol. The maximum absolute atomic E-state index is 12.3. The number of nitro groups is 1. The Balaban J connectivity index is 1.91. The first-order valence-electron chi connectivity index (χ1n) is 8.49. The summed E-state index contributed by atoms with van der Waals surface area (Å²) in [6.45, 7) is 5.34.